The van der Waals surface area contributed by atoms with Gasteiger partial charge in [0, 0.05) is 13.0 Å². The van der Waals surface area contributed by atoms with E-state index in [0.717, 1.165) is 42.5 Å². The summed E-state index contributed by atoms with van der Waals surface area (Å²) in [5, 5.41) is 6.66. The van der Waals surface area contributed by atoms with Gasteiger partial charge in [0.25, 0.3) is 0 Å². The standard InChI is InChI=1S/C20H25N3O2.HI/c1-3-21-20(22-13-15-8-10-17(24-2)11-9-15)23-14-18-12-16-6-4-5-7-19(16)25-18;/h4-11,18H,3,12-14H2,1-2H3,(H2,21,22,23);1H. The number of hydrogen-bond acceptors (Lipinski definition) is 3. The van der Waals surface area contributed by atoms with E-state index < -0.39 is 0 Å². The molecule has 1 aliphatic heterocycles. The number of nitrogens with zero attached hydrogens (tertiary/aromatic N) is 1. The number of para-hydroxylation sites is 1. The van der Waals surface area contributed by atoms with Crippen LogP contribution in [0.1, 0.15) is 18.1 Å². The van der Waals surface area contributed by atoms with Crippen molar-refractivity contribution in [3.05, 3.63) is 59.7 Å². The first kappa shape index (κ1) is 20.4. The SMILES string of the molecule is CCNC(=NCc1ccc(OC)cc1)NCC1Cc2ccccc2O1.I. The van der Waals surface area contributed by atoms with Crippen molar-refractivity contribution in [3.63, 3.8) is 0 Å². The first-order chi connectivity index (χ1) is 12.3. The van der Waals surface area contributed by atoms with E-state index in [1.807, 2.05) is 36.4 Å². The average molecular weight is 467 g/mol. The van der Waals surface area contributed by atoms with Crippen LogP contribution in [0, 0.1) is 0 Å². The van der Waals surface area contributed by atoms with E-state index in [1.54, 1.807) is 7.11 Å². The number of nitrogens with one attached hydrogen (secondary N) is 2. The van der Waals surface area contributed by atoms with Crippen LogP contribution in [0.2, 0.25) is 0 Å². The van der Waals surface area contributed by atoms with Crippen LogP contribution >= 0.6 is 24.0 Å². The lowest BCUT2D eigenvalue weighted by atomic mass is 10.1. The number of ether oxygens (including phenoxy) is 2. The van der Waals surface area contributed by atoms with Crippen LogP contribution in [0.3, 0.4) is 0 Å². The Morgan fingerprint density at radius 2 is 1.92 bits per heavy atom. The van der Waals surface area contributed by atoms with Gasteiger partial charge in [-0.05, 0) is 36.2 Å². The fraction of sp³-hybridized carbons (Fsp3) is 0.350. The molecule has 6 heteroatoms. The topological polar surface area (TPSA) is 54.9 Å². The first-order valence-electron chi connectivity index (χ1n) is 8.68. The van der Waals surface area contributed by atoms with Gasteiger partial charge in [0.15, 0.2) is 5.96 Å². The van der Waals surface area contributed by atoms with E-state index in [4.69, 9.17) is 9.47 Å². The molecule has 0 saturated carbocycles. The molecule has 0 radical (unpaired) electrons. The van der Waals surface area contributed by atoms with Crippen LogP contribution in [-0.2, 0) is 13.0 Å². The largest absolute Gasteiger partial charge is 0.497 e. The molecular weight excluding hydrogens is 441 g/mol. The maximum atomic E-state index is 5.96. The van der Waals surface area contributed by atoms with E-state index in [1.165, 1.54) is 5.56 Å². The molecule has 0 bridgehead atoms. The fourth-order valence-corrected chi connectivity index (χ4v) is 2.82. The number of methoxy groups -OCH3 is 1. The lowest BCUT2D eigenvalue weighted by molar-refractivity contribution is 0.235. The minimum Gasteiger partial charge on any atom is -0.497 e. The van der Waals surface area contributed by atoms with Gasteiger partial charge in [-0.3, -0.25) is 0 Å². The van der Waals surface area contributed by atoms with Crippen molar-refractivity contribution < 1.29 is 9.47 Å². The molecule has 1 unspecified atom stereocenters. The summed E-state index contributed by atoms with van der Waals surface area (Å²) in [5.74, 6) is 2.66. The maximum absolute atomic E-state index is 5.96. The third-order valence-corrected chi connectivity index (χ3v) is 4.13. The zero-order valence-electron chi connectivity index (χ0n) is 15.2. The van der Waals surface area contributed by atoms with Gasteiger partial charge >= 0.3 is 0 Å². The van der Waals surface area contributed by atoms with Crippen LogP contribution in [0.15, 0.2) is 53.5 Å². The average Bonchev–Trinajstić information content (AvgIpc) is 3.07. The van der Waals surface area contributed by atoms with Gasteiger partial charge in [-0.2, -0.15) is 0 Å². The predicted octanol–water partition coefficient (Wildman–Crippen LogP) is 3.37. The molecule has 0 aromatic heterocycles. The van der Waals surface area contributed by atoms with Crippen LogP contribution in [0.25, 0.3) is 0 Å². The molecule has 0 fully saturated rings. The molecule has 0 spiro atoms. The van der Waals surface area contributed by atoms with Gasteiger partial charge in [-0.15, -0.1) is 24.0 Å². The second-order valence-corrected chi connectivity index (χ2v) is 5.98. The second-order valence-electron chi connectivity index (χ2n) is 5.98. The number of aliphatic imine (C=N–C) groups is 1. The Morgan fingerprint density at radius 3 is 2.62 bits per heavy atom. The van der Waals surface area contributed by atoms with Gasteiger partial charge in [0.05, 0.1) is 20.2 Å². The van der Waals surface area contributed by atoms with Crippen molar-refractivity contribution in [2.75, 3.05) is 20.2 Å². The summed E-state index contributed by atoms with van der Waals surface area (Å²) >= 11 is 0. The quantitative estimate of drug-likeness (QED) is 0.389. The van der Waals surface area contributed by atoms with Crippen molar-refractivity contribution >= 4 is 29.9 Å². The molecule has 26 heavy (non-hydrogen) atoms. The van der Waals surface area contributed by atoms with E-state index in [0.29, 0.717) is 6.54 Å². The number of hydrogen-bond donors (Lipinski definition) is 2. The minimum absolute atomic E-state index is 0. The van der Waals surface area contributed by atoms with Crippen LogP contribution in [-0.4, -0.2) is 32.3 Å². The van der Waals surface area contributed by atoms with Crippen molar-refractivity contribution in [1.29, 1.82) is 0 Å². The lowest BCUT2D eigenvalue weighted by Crippen LogP contribution is -2.42. The Morgan fingerprint density at radius 1 is 1.15 bits per heavy atom. The normalized spacial score (nSPS) is 15.5. The Balaban J connectivity index is 0.00000243. The molecule has 5 nitrogen and oxygen atoms in total. The predicted molar refractivity (Wildman–Crippen MR) is 116 cm³/mol. The molecule has 0 aliphatic carbocycles. The Bertz CT molecular complexity index is 694. The molecule has 140 valence electrons. The summed E-state index contributed by atoms with van der Waals surface area (Å²) in [4.78, 5) is 4.65. The van der Waals surface area contributed by atoms with Gasteiger partial charge < -0.3 is 20.1 Å². The van der Waals surface area contributed by atoms with E-state index in [-0.39, 0.29) is 30.1 Å². The molecule has 0 amide bonds. The molecule has 1 aliphatic rings. The summed E-state index contributed by atoms with van der Waals surface area (Å²) in [6, 6.07) is 16.2. The third-order valence-electron chi connectivity index (χ3n) is 4.13. The summed E-state index contributed by atoms with van der Waals surface area (Å²) in [7, 11) is 1.67. The molecule has 1 atom stereocenters. The highest BCUT2D eigenvalue weighted by molar-refractivity contribution is 14.0. The van der Waals surface area contributed by atoms with Gasteiger partial charge in [-0.1, -0.05) is 30.3 Å². The van der Waals surface area contributed by atoms with E-state index in [2.05, 4.69) is 34.7 Å². The highest BCUT2D eigenvalue weighted by Gasteiger charge is 2.22. The Hall–Kier alpha value is -1.96. The third kappa shape index (κ3) is 5.52. The van der Waals surface area contributed by atoms with Crippen LogP contribution < -0.4 is 20.1 Å². The fourth-order valence-electron chi connectivity index (χ4n) is 2.82. The summed E-state index contributed by atoms with van der Waals surface area (Å²) < 4.78 is 11.1. The number of halogens is 1. The van der Waals surface area contributed by atoms with Crippen molar-refractivity contribution in [2.45, 2.75) is 26.0 Å². The van der Waals surface area contributed by atoms with Gasteiger partial charge in [-0.25, -0.2) is 4.99 Å². The van der Waals surface area contributed by atoms with E-state index >= 15 is 0 Å². The van der Waals surface area contributed by atoms with E-state index in [9.17, 15) is 0 Å². The highest BCUT2D eigenvalue weighted by Crippen LogP contribution is 2.27. The maximum Gasteiger partial charge on any atom is 0.191 e. The van der Waals surface area contributed by atoms with Crippen molar-refractivity contribution in [1.82, 2.24) is 10.6 Å². The number of rotatable bonds is 6. The van der Waals surface area contributed by atoms with Crippen molar-refractivity contribution in [3.8, 4) is 11.5 Å². The lowest BCUT2D eigenvalue weighted by Gasteiger charge is -2.15. The molecule has 3 rings (SSSR count). The molecule has 0 saturated heterocycles. The number of benzene rings is 2. The molecular formula is C20H26IN3O2. The summed E-state index contributed by atoms with van der Waals surface area (Å²) in [5.41, 5.74) is 2.41. The summed E-state index contributed by atoms with van der Waals surface area (Å²) in [6.45, 7) is 4.22. The molecule has 2 aromatic carbocycles. The summed E-state index contributed by atoms with van der Waals surface area (Å²) in [6.07, 6.45) is 1.07. The molecule has 2 N–H and O–H groups in total. The molecule has 2 aromatic rings. The number of guanidine groups is 1. The number of fused-ring (bicyclic) bond motifs is 1. The van der Waals surface area contributed by atoms with Gasteiger partial charge in [0.1, 0.15) is 17.6 Å². The monoisotopic (exact) mass is 467 g/mol. The van der Waals surface area contributed by atoms with Crippen molar-refractivity contribution in [2.24, 2.45) is 4.99 Å². The Labute approximate surface area is 172 Å². The van der Waals surface area contributed by atoms with Crippen LogP contribution in [0.5, 0.6) is 11.5 Å². The molecule has 1 heterocycles. The minimum atomic E-state index is 0. The second kappa shape index (κ2) is 10.3. The Kier molecular flexibility index (Phi) is 8.03. The smallest absolute Gasteiger partial charge is 0.191 e. The zero-order chi connectivity index (χ0) is 17.5. The van der Waals surface area contributed by atoms with Gasteiger partial charge in [0.2, 0.25) is 0 Å². The van der Waals surface area contributed by atoms with Crippen LogP contribution in [0.4, 0.5) is 0 Å². The zero-order valence-corrected chi connectivity index (χ0v) is 17.5. The highest BCUT2D eigenvalue weighted by atomic mass is 127. The first-order valence-corrected chi connectivity index (χ1v) is 8.68.